The third-order valence-corrected chi connectivity index (χ3v) is 3.62. The first-order chi connectivity index (χ1) is 6.18. The molecule has 3 heteroatoms. The molecular formula is C10H10BrClO. The molecule has 1 aliphatic rings. The SMILES string of the molecule is Cc1cc2c(cc1Cl)C(Br)CCO2. The zero-order valence-corrected chi connectivity index (χ0v) is 9.65. The van der Waals surface area contributed by atoms with Crippen LogP contribution in [0.2, 0.25) is 5.02 Å². The largest absolute Gasteiger partial charge is 0.493 e. The van der Waals surface area contributed by atoms with Gasteiger partial charge in [0.05, 0.1) is 6.61 Å². The van der Waals surface area contributed by atoms with Crippen LogP contribution in [0.3, 0.4) is 0 Å². The van der Waals surface area contributed by atoms with Gasteiger partial charge in [-0.1, -0.05) is 27.5 Å². The van der Waals surface area contributed by atoms with Crippen molar-refractivity contribution in [3.05, 3.63) is 28.3 Å². The van der Waals surface area contributed by atoms with E-state index in [2.05, 4.69) is 15.9 Å². The first-order valence-electron chi connectivity index (χ1n) is 4.25. The van der Waals surface area contributed by atoms with E-state index in [0.29, 0.717) is 4.83 Å². The molecule has 1 nitrogen and oxygen atoms in total. The summed E-state index contributed by atoms with van der Waals surface area (Å²) in [7, 11) is 0. The van der Waals surface area contributed by atoms with Gasteiger partial charge in [0.1, 0.15) is 5.75 Å². The molecule has 0 fully saturated rings. The maximum atomic E-state index is 6.03. The van der Waals surface area contributed by atoms with Crippen molar-refractivity contribution in [1.82, 2.24) is 0 Å². The van der Waals surface area contributed by atoms with Gasteiger partial charge in [-0.05, 0) is 31.0 Å². The van der Waals surface area contributed by atoms with Gasteiger partial charge in [0, 0.05) is 15.4 Å². The van der Waals surface area contributed by atoms with Crippen LogP contribution in [0.25, 0.3) is 0 Å². The topological polar surface area (TPSA) is 9.23 Å². The Morgan fingerprint density at radius 3 is 3.08 bits per heavy atom. The third-order valence-electron chi connectivity index (χ3n) is 2.26. The van der Waals surface area contributed by atoms with Crippen LogP contribution < -0.4 is 4.74 Å². The predicted molar refractivity (Wildman–Crippen MR) is 58.0 cm³/mol. The van der Waals surface area contributed by atoms with Crippen LogP contribution in [0, 0.1) is 6.92 Å². The average Bonchev–Trinajstić information content (AvgIpc) is 2.09. The van der Waals surface area contributed by atoms with E-state index in [4.69, 9.17) is 16.3 Å². The lowest BCUT2D eigenvalue weighted by atomic mass is 10.0. The minimum Gasteiger partial charge on any atom is -0.493 e. The van der Waals surface area contributed by atoms with Crippen LogP contribution in [0.4, 0.5) is 0 Å². The van der Waals surface area contributed by atoms with Crippen molar-refractivity contribution in [3.63, 3.8) is 0 Å². The van der Waals surface area contributed by atoms with Crippen LogP contribution >= 0.6 is 27.5 Å². The Hall–Kier alpha value is -0.210. The first-order valence-corrected chi connectivity index (χ1v) is 5.55. The van der Waals surface area contributed by atoms with Gasteiger partial charge in [0.2, 0.25) is 0 Å². The van der Waals surface area contributed by atoms with E-state index in [1.807, 2.05) is 19.1 Å². The normalized spacial score (nSPS) is 20.7. The Morgan fingerprint density at radius 1 is 1.54 bits per heavy atom. The number of benzene rings is 1. The Bertz CT molecular complexity index is 338. The molecule has 70 valence electrons. The van der Waals surface area contributed by atoms with E-state index < -0.39 is 0 Å². The second-order valence-corrected chi connectivity index (χ2v) is 4.76. The predicted octanol–water partition coefficient (Wildman–Crippen LogP) is 3.87. The lowest BCUT2D eigenvalue weighted by Crippen LogP contribution is -2.10. The van der Waals surface area contributed by atoms with Crippen molar-refractivity contribution in [2.24, 2.45) is 0 Å². The number of ether oxygens (including phenoxy) is 1. The standard InChI is InChI=1S/C10H10BrClO/c1-6-4-10-7(5-9(6)12)8(11)2-3-13-10/h4-5,8H,2-3H2,1H3. The van der Waals surface area contributed by atoms with E-state index in [0.717, 1.165) is 29.4 Å². The Labute approximate surface area is 91.2 Å². The Morgan fingerprint density at radius 2 is 2.31 bits per heavy atom. The molecule has 1 aromatic rings. The molecular weight excluding hydrogens is 251 g/mol. The Balaban J connectivity index is 2.52. The highest BCUT2D eigenvalue weighted by Crippen LogP contribution is 2.40. The van der Waals surface area contributed by atoms with Gasteiger partial charge in [0.25, 0.3) is 0 Å². The smallest absolute Gasteiger partial charge is 0.123 e. The van der Waals surface area contributed by atoms with Gasteiger partial charge in [0.15, 0.2) is 0 Å². The monoisotopic (exact) mass is 260 g/mol. The first kappa shape index (κ1) is 9.35. The number of hydrogen-bond acceptors (Lipinski definition) is 1. The van der Waals surface area contributed by atoms with Gasteiger partial charge in [-0.2, -0.15) is 0 Å². The highest BCUT2D eigenvalue weighted by atomic mass is 79.9. The fourth-order valence-corrected chi connectivity index (χ4v) is 2.18. The summed E-state index contributed by atoms with van der Waals surface area (Å²) < 4.78 is 5.54. The number of halogens is 2. The molecule has 0 radical (unpaired) electrons. The second-order valence-electron chi connectivity index (χ2n) is 3.24. The number of rotatable bonds is 0. The van der Waals surface area contributed by atoms with Crippen LogP contribution in [-0.2, 0) is 0 Å². The van der Waals surface area contributed by atoms with Gasteiger partial charge < -0.3 is 4.74 Å². The van der Waals surface area contributed by atoms with Crippen LogP contribution in [0.1, 0.15) is 22.4 Å². The molecule has 1 heterocycles. The van der Waals surface area contributed by atoms with E-state index in [9.17, 15) is 0 Å². The van der Waals surface area contributed by atoms with Crippen molar-refractivity contribution in [2.75, 3.05) is 6.61 Å². The quantitative estimate of drug-likeness (QED) is 0.644. The summed E-state index contributed by atoms with van der Waals surface area (Å²) in [5, 5.41) is 0.814. The van der Waals surface area contributed by atoms with E-state index >= 15 is 0 Å². The van der Waals surface area contributed by atoms with Crippen LogP contribution in [0.5, 0.6) is 5.75 Å². The van der Waals surface area contributed by atoms with Crippen molar-refractivity contribution < 1.29 is 4.74 Å². The summed E-state index contributed by atoms with van der Waals surface area (Å²) in [6.45, 7) is 2.77. The van der Waals surface area contributed by atoms with Crippen molar-refractivity contribution >= 4 is 27.5 Å². The molecule has 0 amide bonds. The molecule has 0 saturated carbocycles. The summed E-state index contributed by atoms with van der Waals surface area (Å²) >= 11 is 9.64. The minimum atomic E-state index is 0.384. The fraction of sp³-hybridized carbons (Fsp3) is 0.400. The summed E-state index contributed by atoms with van der Waals surface area (Å²) in [5.41, 5.74) is 2.24. The van der Waals surface area contributed by atoms with E-state index in [1.165, 1.54) is 5.56 Å². The molecule has 1 unspecified atom stereocenters. The molecule has 0 N–H and O–H groups in total. The number of alkyl halides is 1. The highest BCUT2D eigenvalue weighted by molar-refractivity contribution is 9.09. The molecule has 0 aromatic heterocycles. The van der Waals surface area contributed by atoms with Crippen LogP contribution in [0.15, 0.2) is 12.1 Å². The lowest BCUT2D eigenvalue weighted by molar-refractivity contribution is 0.287. The zero-order chi connectivity index (χ0) is 9.42. The van der Waals surface area contributed by atoms with Crippen molar-refractivity contribution in [1.29, 1.82) is 0 Å². The van der Waals surface area contributed by atoms with Gasteiger partial charge in [-0.25, -0.2) is 0 Å². The van der Waals surface area contributed by atoms with Gasteiger partial charge in [-0.15, -0.1) is 0 Å². The average molecular weight is 262 g/mol. The summed E-state index contributed by atoms with van der Waals surface area (Å²) in [4.78, 5) is 0.384. The summed E-state index contributed by atoms with van der Waals surface area (Å²) in [6.07, 6.45) is 1.01. The zero-order valence-electron chi connectivity index (χ0n) is 7.31. The summed E-state index contributed by atoms with van der Waals surface area (Å²) in [5.74, 6) is 0.968. The maximum Gasteiger partial charge on any atom is 0.123 e. The second kappa shape index (κ2) is 3.50. The maximum absolute atomic E-state index is 6.03. The summed E-state index contributed by atoms with van der Waals surface area (Å²) in [6, 6.07) is 4.00. The molecule has 1 aliphatic heterocycles. The van der Waals surface area contributed by atoms with Crippen LogP contribution in [-0.4, -0.2) is 6.61 Å². The molecule has 0 spiro atoms. The minimum absolute atomic E-state index is 0.384. The van der Waals surface area contributed by atoms with E-state index in [-0.39, 0.29) is 0 Å². The molecule has 0 bridgehead atoms. The van der Waals surface area contributed by atoms with Gasteiger partial charge >= 0.3 is 0 Å². The van der Waals surface area contributed by atoms with E-state index in [1.54, 1.807) is 0 Å². The molecule has 0 saturated heterocycles. The highest BCUT2D eigenvalue weighted by Gasteiger charge is 2.19. The third kappa shape index (κ3) is 1.70. The molecule has 2 rings (SSSR count). The lowest BCUT2D eigenvalue weighted by Gasteiger charge is -2.22. The fourth-order valence-electron chi connectivity index (χ4n) is 1.47. The molecule has 1 atom stereocenters. The number of hydrogen-bond donors (Lipinski definition) is 0. The molecule has 0 aliphatic carbocycles. The number of fused-ring (bicyclic) bond motifs is 1. The van der Waals surface area contributed by atoms with Crippen molar-refractivity contribution in [3.8, 4) is 5.75 Å². The molecule has 1 aromatic carbocycles. The van der Waals surface area contributed by atoms with Gasteiger partial charge in [-0.3, -0.25) is 0 Å². The molecule has 13 heavy (non-hydrogen) atoms. The number of aryl methyl sites for hydroxylation is 1. The van der Waals surface area contributed by atoms with Crippen molar-refractivity contribution in [2.45, 2.75) is 18.2 Å². The Kier molecular flexibility index (Phi) is 2.52.